The van der Waals surface area contributed by atoms with Gasteiger partial charge in [0.1, 0.15) is 0 Å². The van der Waals surface area contributed by atoms with E-state index in [1.165, 1.54) is 72.0 Å². The molecule has 2 aromatic rings. The molecule has 0 bridgehead atoms. The van der Waals surface area contributed by atoms with E-state index in [1.807, 2.05) is 0 Å². The number of benzene rings is 2. The third-order valence-corrected chi connectivity index (χ3v) is 22.1. The molecule has 1 atom stereocenters. The second-order valence-electron chi connectivity index (χ2n) is 11.0. The van der Waals surface area contributed by atoms with Gasteiger partial charge in [0.25, 0.3) is 0 Å². The van der Waals surface area contributed by atoms with Crippen LogP contribution in [0.1, 0.15) is 85.5 Å². The second kappa shape index (κ2) is 13.2. The zero-order valence-corrected chi connectivity index (χ0v) is 25.5. The molecule has 0 aliphatic heterocycles. The van der Waals surface area contributed by atoms with Gasteiger partial charge >= 0.3 is 227 Å². The molecule has 0 radical (unpaired) electrons. The van der Waals surface area contributed by atoms with Crippen LogP contribution in [-0.4, -0.2) is 12.6 Å². The average Bonchev–Trinajstić information content (AvgIpc) is 3.10. The molecule has 36 heavy (non-hydrogen) atoms. The Morgan fingerprint density at radius 1 is 0.750 bits per heavy atom. The van der Waals surface area contributed by atoms with Crippen LogP contribution in [0.5, 0.6) is 0 Å². The maximum atomic E-state index is 14.1. The van der Waals surface area contributed by atoms with Gasteiger partial charge < -0.3 is 0 Å². The second-order valence-corrected chi connectivity index (χ2v) is 20.8. The van der Waals surface area contributed by atoms with Crippen LogP contribution in [0.15, 0.2) is 81.3 Å². The quantitative estimate of drug-likeness (QED) is 0.417. The van der Waals surface area contributed by atoms with Gasteiger partial charge in [0, 0.05) is 0 Å². The molecule has 1 unspecified atom stereocenters. The predicted molar refractivity (Wildman–Crippen MR) is 153 cm³/mol. The molecule has 0 saturated heterocycles. The standard InChI is InChI=1S/C12H11Si.C11H21NO.C9H13.Ti/c1-3-7-11(8-4-1)13-12-9-5-2-6-10-12;12-11(13)10-8-6-4-2-1-3-5-7-9-10;1-6-5-7(2)9(4)8(6)3;/h1-10,13H;10H,1-9H2,(H2,12,13);6H,1-4H3;/q;;;+1/p-1. The third kappa shape index (κ3) is 6.41. The number of carbonyl (C=O) groups is 1. The van der Waals surface area contributed by atoms with Gasteiger partial charge in [-0.1, -0.05) is 0 Å². The van der Waals surface area contributed by atoms with E-state index in [0.29, 0.717) is 11.8 Å². The first-order valence-electron chi connectivity index (χ1n) is 14.2. The van der Waals surface area contributed by atoms with Crippen LogP contribution in [0.4, 0.5) is 0 Å². The van der Waals surface area contributed by atoms with Crippen molar-refractivity contribution < 1.29 is 22.2 Å². The molecule has 2 aliphatic rings. The van der Waals surface area contributed by atoms with Crippen molar-refractivity contribution in [2.75, 3.05) is 0 Å². The Bertz CT molecular complexity index is 1030. The Balaban J connectivity index is 1.74. The summed E-state index contributed by atoms with van der Waals surface area (Å²) >= 11 is -2.23. The van der Waals surface area contributed by atoms with Gasteiger partial charge in [0.15, 0.2) is 0 Å². The zero-order chi connectivity index (χ0) is 25.5. The number of rotatable bonds is 6. The summed E-state index contributed by atoms with van der Waals surface area (Å²) in [6.07, 6.45) is 11.1. The van der Waals surface area contributed by atoms with Crippen LogP contribution in [0.25, 0.3) is 0 Å². The van der Waals surface area contributed by atoms with E-state index in [0.717, 1.165) is 12.8 Å². The Morgan fingerprint density at radius 2 is 1.22 bits per heavy atom. The zero-order valence-electron chi connectivity index (χ0n) is 22.8. The van der Waals surface area contributed by atoms with Crippen molar-refractivity contribution in [3.8, 4) is 0 Å². The molecule has 1 N–H and O–H groups in total. The van der Waals surface area contributed by atoms with Crippen LogP contribution >= 0.6 is 0 Å². The van der Waals surface area contributed by atoms with E-state index < -0.39 is 24.0 Å². The molecule has 191 valence electrons. The van der Waals surface area contributed by atoms with Gasteiger partial charge in [-0.05, 0) is 0 Å². The van der Waals surface area contributed by atoms with Gasteiger partial charge in [-0.2, -0.15) is 0 Å². The predicted octanol–water partition coefficient (Wildman–Crippen LogP) is 6.57. The monoisotopic (exact) mass is 534 g/mol. The number of nitrogens with one attached hydrogen (secondary N) is 1. The SMILES string of the molecule is CC1=C(C)C(C)[C]([Ti]([NH]C(=O)C2CCCCCCCCC2)[SiH](c2ccccc2)c2ccccc2)=C1C. The molecule has 1 amide bonds. The van der Waals surface area contributed by atoms with Crippen LogP contribution in [0, 0.1) is 11.8 Å². The van der Waals surface area contributed by atoms with Crippen molar-refractivity contribution in [2.45, 2.75) is 85.5 Å². The number of hydrogen-bond donors (Lipinski definition) is 1. The summed E-state index contributed by atoms with van der Waals surface area (Å²) < 4.78 is 5.53. The van der Waals surface area contributed by atoms with Crippen molar-refractivity contribution in [3.05, 3.63) is 81.3 Å². The molecular weight excluding hydrogens is 490 g/mol. The number of amides is 1. The van der Waals surface area contributed by atoms with Gasteiger partial charge in [-0.25, -0.2) is 0 Å². The Morgan fingerprint density at radius 3 is 1.67 bits per heavy atom. The third-order valence-electron chi connectivity index (χ3n) is 8.72. The first-order chi connectivity index (χ1) is 17.5. The molecule has 0 heterocycles. The average molecular weight is 535 g/mol. The topological polar surface area (TPSA) is 29.1 Å². The van der Waals surface area contributed by atoms with Crippen molar-refractivity contribution in [3.63, 3.8) is 0 Å². The first kappa shape index (κ1) is 27.4. The Hall–Kier alpha value is -1.68. The fourth-order valence-electron chi connectivity index (χ4n) is 6.22. The van der Waals surface area contributed by atoms with E-state index >= 15 is 0 Å². The Kier molecular flexibility index (Phi) is 10.0. The number of carbonyl (C=O) groups excluding carboxylic acids is 1. The number of allylic oxidation sites excluding steroid dienone is 4. The van der Waals surface area contributed by atoms with Crippen LogP contribution in [0.3, 0.4) is 0 Å². The summed E-state index contributed by atoms with van der Waals surface area (Å²) in [6, 6.07) is 22.3. The summed E-state index contributed by atoms with van der Waals surface area (Å²) in [6.45, 7) is 7.65. The molecule has 1 fully saturated rings. The van der Waals surface area contributed by atoms with Crippen molar-refractivity contribution >= 4 is 22.9 Å². The van der Waals surface area contributed by atoms with Gasteiger partial charge in [0.05, 0.1) is 0 Å². The van der Waals surface area contributed by atoms with Gasteiger partial charge in [-0.15, -0.1) is 0 Å². The van der Waals surface area contributed by atoms with Gasteiger partial charge in [0.2, 0.25) is 0 Å². The maximum absolute atomic E-state index is 14.1. The van der Waals surface area contributed by atoms with Crippen molar-refractivity contribution in [2.24, 2.45) is 11.8 Å². The molecular formula is C32H44NOSiTi. The molecule has 1 saturated carbocycles. The molecule has 2 aliphatic carbocycles. The molecule has 0 spiro atoms. The fraction of sp³-hybridized carbons (Fsp3) is 0.469. The van der Waals surface area contributed by atoms with Crippen LogP contribution in [0.2, 0.25) is 0 Å². The van der Waals surface area contributed by atoms with Gasteiger partial charge in [-0.3, -0.25) is 0 Å². The normalized spacial score (nSPS) is 20.1. The van der Waals surface area contributed by atoms with E-state index in [-0.39, 0.29) is 5.92 Å². The van der Waals surface area contributed by atoms with E-state index in [1.54, 1.807) is 3.88 Å². The van der Waals surface area contributed by atoms with Crippen molar-refractivity contribution in [1.29, 1.82) is 0 Å². The van der Waals surface area contributed by atoms with E-state index in [4.69, 9.17) is 0 Å². The Labute approximate surface area is 226 Å². The minimum absolute atomic E-state index is 0.180. The molecule has 4 rings (SSSR count). The van der Waals surface area contributed by atoms with E-state index in [2.05, 4.69) is 92.2 Å². The first-order valence-corrected chi connectivity index (χ1v) is 20.1. The number of hydrogen-bond acceptors (Lipinski definition) is 1. The summed E-state index contributed by atoms with van der Waals surface area (Å²) in [4.78, 5) is 14.1. The van der Waals surface area contributed by atoms with Crippen molar-refractivity contribution in [1.82, 2.24) is 3.80 Å². The molecule has 4 heteroatoms. The van der Waals surface area contributed by atoms with Crippen LogP contribution < -0.4 is 14.2 Å². The molecule has 2 aromatic carbocycles. The fourth-order valence-corrected chi connectivity index (χ4v) is 21.4. The molecule has 0 aromatic heterocycles. The van der Waals surface area contributed by atoms with Crippen LogP contribution in [-0.2, 0) is 22.2 Å². The summed E-state index contributed by atoms with van der Waals surface area (Å²) in [5.74, 6) is 0.982. The summed E-state index contributed by atoms with van der Waals surface area (Å²) in [5.41, 5.74) is 4.41. The summed E-state index contributed by atoms with van der Waals surface area (Å²) in [7, 11) is 0. The minimum atomic E-state index is -2.23. The summed E-state index contributed by atoms with van der Waals surface area (Å²) in [5, 5.41) is 2.94. The van der Waals surface area contributed by atoms with E-state index in [9.17, 15) is 4.79 Å². The molecule has 2 nitrogen and oxygen atoms in total.